The monoisotopic (exact) mass is 261 g/mol. The second kappa shape index (κ2) is 4.94. The van der Waals surface area contributed by atoms with Gasteiger partial charge in [-0.05, 0) is 30.4 Å². The standard InChI is InChI=1S/C13H15N3OS/c17-13(12-3-1-10-18-12)15-8-4-11(5-9-15)16-7-2-6-14-16/h1-3,6-7,10-11H,4-5,8-9H2. The quantitative estimate of drug-likeness (QED) is 0.832. The van der Waals surface area contributed by atoms with Crippen molar-refractivity contribution in [2.24, 2.45) is 0 Å². The van der Waals surface area contributed by atoms with Crippen LogP contribution >= 0.6 is 11.3 Å². The van der Waals surface area contributed by atoms with Crippen molar-refractivity contribution in [1.82, 2.24) is 14.7 Å². The molecule has 0 spiro atoms. The molecule has 0 aromatic carbocycles. The summed E-state index contributed by atoms with van der Waals surface area (Å²) in [6.07, 6.45) is 5.78. The molecule has 0 atom stereocenters. The van der Waals surface area contributed by atoms with E-state index in [0.29, 0.717) is 6.04 Å². The fourth-order valence-electron chi connectivity index (χ4n) is 2.39. The number of aromatic nitrogens is 2. The molecule has 0 unspecified atom stereocenters. The van der Waals surface area contributed by atoms with Gasteiger partial charge in [-0.15, -0.1) is 11.3 Å². The number of amides is 1. The third-order valence-corrected chi connectivity index (χ3v) is 4.24. The highest BCUT2D eigenvalue weighted by Crippen LogP contribution is 2.23. The lowest BCUT2D eigenvalue weighted by molar-refractivity contribution is 0.0695. The first-order valence-corrected chi connectivity index (χ1v) is 7.04. The summed E-state index contributed by atoms with van der Waals surface area (Å²) in [6.45, 7) is 1.64. The Morgan fingerprint density at radius 3 is 2.78 bits per heavy atom. The Balaban J connectivity index is 1.62. The number of carbonyl (C=O) groups excluding carboxylic acids is 1. The summed E-state index contributed by atoms with van der Waals surface area (Å²) in [6, 6.07) is 6.21. The van der Waals surface area contributed by atoms with E-state index < -0.39 is 0 Å². The van der Waals surface area contributed by atoms with E-state index in [2.05, 4.69) is 5.10 Å². The second-order valence-corrected chi connectivity index (χ2v) is 5.43. The van der Waals surface area contributed by atoms with Crippen LogP contribution in [-0.2, 0) is 0 Å². The van der Waals surface area contributed by atoms with E-state index in [1.165, 1.54) is 11.3 Å². The van der Waals surface area contributed by atoms with Crippen molar-refractivity contribution < 1.29 is 4.79 Å². The Morgan fingerprint density at radius 2 is 2.17 bits per heavy atom. The van der Waals surface area contributed by atoms with Gasteiger partial charge in [0.25, 0.3) is 5.91 Å². The third-order valence-electron chi connectivity index (χ3n) is 3.38. The zero-order chi connectivity index (χ0) is 12.4. The average molecular weight is 261 g/mol. The minimum absolute atomic E-state index is 0.170. The van der Waals surface area contributed by atoms with E-state index in [-0.39, 0.29) is 5.91 Å². The number of likely N-dealkylation sites (tertiary alicyclic amines) is 1. The molecule has 94 valence electrons. The molecule has 2 aromatic rings. The summed E-state index contributed by atoms with van der Waals surface area (Å²) < 4.78 is 2.01. The van der Waals surface area contributed by atoms with Crippen LogP contribution in [0.15, 0.2) is 36.0 Å². The van der Waals surface area contributed by atoms with Gasteiger partial charge in [-0.1, -0.05) is 6.07 Å². The van der Waals surface area contributed by atoms with Crippen LogP contribution in [0.25, 0.3) is 0 Å². The molecule has 1 saturated heterocycles. The summed E-state index contributed by atoms with van der Waals surface area (Å²) >= 11 is 1.51. The fraction of sp³-hybridized carbons (Fsp3) is 0.385. The molecule has 3 heterocycles. The van der Waals surface area contributed by atoms with Gasteiger partial charge in [0.15, 0.2) is 0 Å². The van der Waals surface area contributed by atoms with Crippen LogP contribution in [0.3, 0.4) is 0 Å². The molecule has 18 heavy (non-hydrogen) atoms. The summed E-state index contributed by atoms with van der Waals surface area (Å²) in [5.41, 5.74) is 0. The third kappa shape index (κ3) is 2.18. The summed E-state index contributed by atoms with van der Waals surface area (Å²) in [5, 5.41) is 6.22. The maximum absolute atomic E-state index is 12.2. The van der Waals surface area contributed by atoms with Gasteiger partial charge in [0.1, 0.15) is 0 Å². The van der Waals surface area contributed by atoms with Crippen LogP contribution in [0.4, 0.5) is 0 Å². The van der Waals surface area contributed by atoms with Gasteiger partial charge in [-0.2, -0.15) is 5.10 Å². The topological polar surface area (TPSA) is 38.1 Å². The predicted molar refractivity (Wildman–Crippen MR) is 70.7 cm³/mol. The summed E-state index contributed by atoms with van der Waals surface area (Å²) in [7, 11) is 0. The first-order valence-electron chi connectivity index (χ1n) is 6.16. The van der Waals surface area contributed by atoms with Crippen LogP contribution in [0.5, 0.6) is 0 Å². The molecule has 0 radical (unpaired) electrons. The average Bonchev–Trinajstić information content (AvgIpc) is 3.11. The number of hydrogen-bond acceptors (Lipinski definition) is 3. The van der Waals surface area contributed by atoms with Crippen molar-refractivity contribution in [3.63, 3.8) is 0 Å². The Bertz CT molecular complexity index is 498. The molecule has 3 rings (SSSR count). The zero-order valence-corrected chi connectivity index (χ0v) is 10.8. The van der Waals surface area contributed by atoms with E-state index in [9.17, 15) is 4.79 Å². The maximum atomic E-state index is 12.2. The zero-order valence-electron chi connectivity index (χ0n) is 10.0. The number of thiophene rings is 1. The smallest absolute Gasteiger partial charge is 0.263 e. The van der Waals surface area contributed by atoms with Gasteiger partial charge in [0.2, 0.25) is 0 Å². The molecule has 0 saturated carbocycles. The molecule has 0 N–H and O–H groups in total. The number of hydrogen-bond donors (Lipinski definition) is 0. The fourth-order valence-corrected chi connectivity index (χ4v) is 3.08. The number of rotatable bonds is 2. The lowest BCUT2D eigenvalue weighted by Crippen LogP contribution is -2.38. The van der Waals surface area contributed by atoms with Gasteiger partial charge < -0.3 is 4.90 Å². The molecule has 1 aliphatic rings. The number of carbonyl (C=O) groups is 1. The van der Waals surface area contributed by atoms with Crippen molar-refractivity contribution in [3.05, 3.63) is 40.8 Å². The summed E-state index contributed by atoms with van der Waals surface area (Å²) in [5.74, 6) is 0.170. The molecule has 1 aliphatic heterocycles. The molecule has 4 nitrogen and oxygen atoms in total. The minimum atomic E-state index is 0.170. The van der Waals surface area contributed by atoms with Crippen LogP contribution in [-0.4, -0.2) is 33.7 Å². The first kappa shape index (κ1) is 11.5. The molecular formula is C13H15N3OS. The van der Waals surface area contributed by atoms with Crippen molar-refractivity contribution in [2.45, 2.75) is 18.9 Å². The molecule has 0 aliphatic carbocycles. The van der Waals surface area contributed by atoms with Crippen LogP contribution in [0, 0.1) is 0 Å². The largest absolute Gasteiger partial charge is 0.338 e. The lowest BCUT2D eigenvalue weighted by Gasteiger charge is -2.31. The maximum Gasteiger partial charge on any atom is 0.263 e. The van der Waals surface area contributed by atoms with E-state index in [1.807, 2.05) is 45.6 Å². The molecule has 0 bridgehead atoms. The highest BCUT2D eigenvalue weighted by molar-refractivity contribution is 7.12. The van der Waals surface area contributed by atoms with Crippen LogP contribution in [0.2, 0.25) is 0 Å². The Kier molecular flexibility index (Phi) is 3.15. The van der Waals surface area contributed by atoms with Crippen molar-refractivity contribution >= 4 is 17.2 Å². The van der Waals surface area contributed by atoms with Gasteiger partial charge >= 0.3 is 0 Å². The van der Waals surface area contributed by atoms with Gasteiger partial charge in [-0.3, -0.25) is 9.48 Å². The van der Waals surface area contributed by atoms with Gasteiger partial charge in [0.05, 0.1) is 10.9 Å². The number of nitrogens with zero attached hydrogens (tertiary/aromatic N) is 3. The molecule has 1 amide bonds. The predicted octanol–water partition coefficient (Wildman–Crippen LogP) is 2.42. The molecular weight excluding hydrogens is 246 g/mol. The molecule has 2 aromatic heterocycles. The SMILES string of the molecule is O=C(c1cccs1)N1CCC(n2cccn2)CC1. The summed E-state index contributed by atoms with van der Waals surface area (Å²) in [4.78, 5) is 15.0. The van der Waals surface area contributed by atoms with Crippen molar-refractivity contribution in [1.29, 1.82) is 0 Å². The lowest BCUT2D eigenvalue weighted by atomic mass is 10.1. The van der Waals surface area contributed by atoms with E-state index in [4.69, 9.17) is 0 Å². The first-order chi connectivity index (χ1) is 8.84. The molecule has 5 heteroatoms. The highest BCUT2D eigenvalue weighted by atomic mass is 32.1. The van der Waals surface area contributed by atoms with Crippen LogP contribution in [0.1, 0.15) is 28.6 Å². The Hall–Kier alpha value is -1.62. The minimum Gasteiger partial charge on any atom is -0.338 e. The van der Waals surface area contributed by atoms with E-state index >= 15 is 0 Å². The van der Waals surface area contributed by atoms with E-state index in [0.717, 1.165) is 30.8 Å². The highest BCUT2D eigenvalue weighted by Gasteiger charge is 2.24. The van der Waals surface area contributed by atoms with Crippen LogP contribution < -0.4 is 0 Å². The Labute approximate surface area is 110 Å². The normalized spacial score (nSPS) is 17.0. The molecule has 1 fully saturated rings. The van der Waals surface area contributed by atoms with Crippen molar-refractivity contribution in [3.8, 4) is 0 Å². The van der Waals surface area contributed by atoms with Gasteiger partial charge in [0, 0.05) is 25.5 Å². The van der Waals surface area contributed by atoms with E-state index in [1.54, 1.807) is 0 Å². The Morgan fingerprint density at radius 1 is 1.33 bits per heavy atom. The second-order valence-electron chi connectivity index (χ2n) is 4.49. The van der Waals surface area contributed by atoms with Gasteiger partial charge in [-0.25, -0.2) is 0 Å². The number of piperidine rings is 1. The van der Waals surface area contributed by atoms with Crippen molar-refractivity contribution in [2.75, 3.05) is 13.1 Å².